The Morgan fingerprint density at radius 2 is 2.04 bits per heavy atom. The molecule has 0 spiro atoms. The summed E-state index contributed by atoms with van der Waals surface area (Å²) >= 11 is 0. The lowest BCUT2D eigenvalue weighted by Gasteiger charge is -2.20. The van der Waals surface area contributed by atoms with E-state index in [4.69, 9.17) is 0 Å². The second kappa shape index (κ2) is 7.05. The lowest BCUT2D eigenvalue weighted by molar-refractivity contribution is 0.525. The summed E-state index contributed by atoms with van der Waals surface area (Å²) in [5.41, 5.74) is 1.03. The van der Waals surface area contributed by atoms with E-state index in [0.29, 0.717) is 6.54 Å². The number of benzene rings is 1. The third-order valence-corrected chi connectivity index (χ3v) is 8.60. The van der Waals surface area contributed by atoms with Crippen LogP contribution in [0.1, 0.15) is 11.1 Å². The van der Waals surface area contributed by atoms with Crippen molar-refractivity contribution in [3.63, 3.8) is 0 Å². The van der Waals surface area contributed by atoms with Gasteiger partial charge in [-0.25, -0.2) is 21.2 Å². The minimum Gasteiger partial charge on any atom is -0.308 e. The first-order valence-electron chi connectivity index (χ1n) is 8.02. The normalized spacial score (nSPS) is 22.4. The highest BCUT2D eigenvalue weighted by molar-refractivity contribution is 7.96. The van der Waals surface area contributed by atoms with E-state index in [1.54, 1.807) is 18.5 Å². The van der Waals surface area contributed by atoms with Crippen LogP contribution in [0.3, 0.4) is 0 Å². The number of pyridine rings is 1. The Kier molecular flexibility index (Phi) is 5.14. The summed E-state index contributed by atoms with van der Waals surface area (Å²) in [6.07, 6.45) is 3.25. The fourth-order valence-electron chi connectivity index (χ4n) is 3.03. The number of sulfone groups is 2. The molecule has 2 heterocycles. The van der Waals surface area contributed by atoms with E-state index in [9.17, 15) is 21.2 Å². The van der Waals surface area contributed by atoms with Crippen molar-refractivity contribution >= 4 is 19.7 Å². The SMILES string of the molecule is Cc1cc(S(=O)(=O)[C@@H]2CS(=O)(=O)C[C@H]2NCc2cccnc2)ccc1F. The smallest absolute Gasteiger partial charge is 0.183 e. The fraction of sp³-hybridized carbons (Fsp3) is 0.353. The summed E-state index contributed by atoms with van der Waals surface area (Å²) in [6.45, 7) is 1.78. The monoisotopic (exact) mass is 398 g/mol. The van der Waals surface area contributed by atoms with E-state index in [2.05, 4.69) is 10.3 Å². The number of hydrogen-bond acceptors (Lipinski definition) is 6. The average Bonchev–Trinajstić information content (AvgIpc) is 2.92. The van der Waals surface area contributed by atoms with Crippen molar-refractivity contribution < 1.29 is 21.2 Å². The highest BCUT2D eigenvalue weighted by atomic mass is 32.2. The molecule has 1 N–H and O–H groups in total. The van der Waals surface area contributed by atoms with Crippen LogP contribution < -0.4 is 5.32 Å². The molecule has 1 aliphatic rings. The Bertz CT molecular complexity index is 1010. The zero-order chi connectivity index (χ0) is 18.9. The van der Waals surface area contributed by atoms with Gasteiger partial charge >= 0.3 is 0 Å². The van der Waals surface area contributed by atoms with Crippen LogP contribution in [0.15, 0.2) is 47.6 Å². The maximum atomic E-state index is 13.5. The van der Waals surface area contributed by atoms with Gasteiger partial charge in [-0.1, -0.05) is 6.07 Å². The summed E-state index contributed by atoms with van der Waals surface area (Å²) in [6, 6.07) is 6.34. The predicted molar refractivity (Wildman–Crippen MR) is 95.6 cm³/mol. The molecule has 1 aromatic carbocycles. The molecule has 9 heteroatoms. The van der Waals surface area contributed by atoms with Crippen LogP contribution in [0.5, 0.6) is 0 Å². The molecule has 0 amide bonds. The Labute approximate surface area is 152 Å². The quantitative estimate of drug-likeness (QED) is 0.762. The Balaban J connectivity index is 1.88. The van der Waals surface area contributed by atoms with Crippen LogP contribution in [0.2, 0.25) is 0 Å². The Morgan fingerprint density at radius 3 is 2.69 bits per heavy atom. The van der Waals surface area contributed by atoms with Gasteiger partial charge in [0.05, 0.1) is 21.7 Å². The summed E-state index contributed by atoms with van der Waals surface area (Å²) in [5, 5.41) is 1.92. The standard InChI is InChI=1S/C17H19FN2O4S2/c1-12-7-14(4-5-15(12)18)26(23,24)17-11-25(21,22)10-16(17)20-9-13-3-2-6-19-8-13/h2-8,16-17,20H,9-11H2,1H3/t16-,17-/m1/s1. The molecule has 1 fully saturated rings. The van der Waals surface area contributed by atoms with Crippen molar-refractivity contribution in [3.05, 3.63) is 59.7 Å². The lowest BCUT2D eigenvalue weighted by Crippen LogP contribution is -2.43. The van der Waals surface area contributed by atoms with Crippen molar-refractivity contribution in [1.82, 2.24) is 10.3 Å². The van der Waals surface area contributed by atoms with Crippen LogP contribution in [0.4, 0.5) is 4.39 Å². The number of rotatable bonds is 5. The molecule has 1 aliphatic heterocycles. The summed E-state index contributed by atoms with van der Waals surface area (Å²) < 4.78 is 63.6. The van der Waals surface area contributed by atoms with Gasteiger partial charge in [0.2, 0.25) is 0 Å². The van der Waals surface area contributed by atoms with Gasteiger partial charge in [0.15, 0.2) is 19.7 Å². The zero-order valence-electron chi connectivity index (χ0n) is 14.1. The maximum absolute atomic E-state index is 13.5. The zero-order valence-corrected chi connectivity index (χ0v) is 15.7. The van der Waals surface area contributed by atoms with Gasteiger partial charge < -0.3 is 5.32 Å². The molecule has 6 nitrogen and oxygen atoms in total. The highest BCUT2D eigenvalue weighted by Crippen LogP contribution is 2.27. The number of aryl methyl sites for hydroxylation is 1. The Morgan fingerprint density at radius 1 is 1.27 bits per heavy atom. The molecule has 2 atom stereocenters. The molecule has 0 radical (unpaired) electrons. The van der Waals surface area contributed by atoms with E-state index in [-0.39, 0.29) is 16.2 Å². The Hall–Kier alpha value is -1.84. The van der Waals surface area contributed by atoms with Crippen LogP contribution in [0, 0.1) is 12.7 Å². The first kappa shape index (κ1) is 18.9. The summed E-state index contributed by atoms with van der Waals surface area (Å²) in [4.78, 5) is 3.92. The van der Waals surface area contributed by atoms with Crippen LogP contribution in [-0.2, 0) is 26.2 Å². The number of nitrogens with one attached hydrogen (secondary N) is 1. The van der Waals surface area contributed by atoms with Gasteiger partial charge in [-0.2, -0.15) is 0 Å². The molecule has 0 aliphatic carbocycles. The topological polar surface area (TPSA) is 93.2 Å². The average molecular weight is 398 g/mol. The lowest BCUT2D eigenvalue weighted by atomic mass is 10.2. The maximum Gasteiger partial charge on any atom is 0.183 e. The van der Waals surface area contributed by atoms with E-state index in [0.717, 1.165) is 11.6 Å². The number of halogens is 1. The fourth-order valence-corrected chi connectivity index (χ4v) is 7.83. The molecule has 0 saturated carbocycles. The van der Waals surface area contributed by atoms with E-state index in [1.165, 1.54) is 19.1 Å². The van der Waals surface area contributed by atoms with Crippen molar-refractivity contribution in [3.8, 4) is 0 Å². The van der Waals surface area contributed by atoms with Gasteiger partial charge in [0, 0.05) is 25.0 Å². The van der Waals surface area contributed by atoms with Gasteiger partial charge in [-0.15, -0.1) is 0 Å². The van der Waals surface area contributed by atoms with Crippen molar-refractivity contribution in [2.24, 2.45) is 0 Å². The summed E-state index contributed by atoms with van der Waals surface area (Å²) in [7, 11) is -7.42. The van der Waals surface area contributed by atoms with Crippen molar-refractivity contribution in [2.45, 2.75) is 29.7 Å². The second-order valence-corrected chi connectivity index (χ2v) is 10.7. The molecule has 140 valence electrons. The van der Waals surface area contributed by atoms with Gasteiger partial charge in [-0.3, -0.25) is 4.98 Å². The highest BCUT2D eigenvalue weighted by Gasteiger charge is 2.45. The third kappa shape index (κ3) is 3.94. The largest absolute Gasteiger partial charge is 0.308 e. The van der Waals surface area contributed by atoms with E-state index >= 15 is 0 Å². The van der Waals surface area contributed by atoms with Gasteiger partial charge in [0.25, 0.3) is 0 Å². The van der Waals surface area contributed by atoms with Crippen LogP contribution in [-0.4, -0.2) is 44.6 Å². The van der Waals surface area contributed by atoms with Gasteiger partial charge in [-0.05, 0) is 42.3 Å². The molecule has 1 aromatic heterocycles. The third-order valence-electron chi connectivity index (χ3n) is 4.45. The molecule has 0 bridgehead atoms. The first-order chi connectivity index (χ1) is 12.2. The van der Waals surface area contributed by atoms with E-state index in [1.807, 2.05) is 6.07 Å². The molecule has 1 saturated heterocycles. The first-order valence-corrected chi connectivity index (χ1v) is 11.4. The molecule has 26 heavy (non-hydrogen) atoms. The molecule has 2 aromatic rings. The van der Waals surface area contributed by atoms with Gasteiger partial charge in [0.1, 0.15) is 5.82 Å². The van der Waals surface area contributed by atoms with Crippen LogP contribution in [0.25, 0.3) is 0 Å². The number of hydrogen-bond donors (Lipinski definition) is 1. The summed E-state index contributed by atoms with van der Waals surface area (Å²) in [5.74, 6) is -1.21. The minimum absolute atomic E-state index is 0.0633. The molecule has 3 rings (SSSR count). The number of nitrogens with zero attached hydrogens (tertiary/aromatic N) is 1. The van der Waals surface area contributed by atoms with Crippen molar-refractivity contribution in [1.29, 1.82) is 0 Å². The minimum atomic E-state index is -3.93. The van der Waals surface area contributed by atoms with Crippen molar-refractivity contribution in [2.75, 3.05) is 11.5 Å². The number of aromatic nitrogens is 1. The molecular weight excluding hydrogens is 379 g/mol. The second-order valence-electron chi connectivity index (χ2n) is 6.42. The molecule has 0 unspecified atom stereocenters. The van der Waals surface area contributed by atoms with E-state index < -0.39 is 42.5 Å². The predicted octanol–water partition coefficient (Wildman–Crippen LogP) is 1.26. The van der Waals surface area contributed by atoms with Crippen LogP contribution >= 0.6 is 0 Å². The molecular formula is C17H19FN2O4S2.